The number of nitrogens with zero attached hydrogens (tertiary/aromatic N) is 1. The van der Waals surface area contributed by atoms with Gasteiger partial charge in [-0.15, -0.1) is 0 Å². The van der Waals surface area contributed by atoms with Gasteiger partial charge in [0.25, 0.3) is 0 Å². The van der Waals surface area contributed by atoms with Gasteiger partial charge in [-0.25, -0.2) is 4.79 Å². The average Bonchev–Trinajstić information content (AvgIpc) is 2.80. The Bertz CT molecular complexity index is 582. The van der Waals surface area contributed by atoms with Crippen LogP contribution in [0.15, 0.2) is 4.99 Å². The lowest BCUT2D eigenvalue weighted by molar-refractivity contribution is -0.154. The topological polar surface area (TPSA) is 166 Å². The van der Waals surface area contributed by atoms with E-state index in [0.717, 1.165) is 19.3 Å². The zero-order valence-corrected chi connectivity index (χ0v) is 22.5. The summed E-state index contributed by atoms with van der Waals surface area (Å²) >= 11 is 0. The largest absolute Gasteiger partial charge is 0.459 e. The van der Waals surface area contributed by atoms with E-state index in [9.17, 15) is 14.7 Å². The summed E-state index contributed by atoms with van der Waals surface area (Å²) in [6.07, 6.45) is 15.1. The van der Waals surface area contributed by atoms with Crippen LogP contribution in [0.2, 0.25) is 0 Å². The van der Waals surface area contributed by atoms with E-state index in [1.807, 2.05) is 0 Å². The second-order valence-corrected chi connectivity index (χ2v) is 9.67. The first-order valence-corrected chi connectivity index (χ1v) is 13.7. The molecule has 0 fully saturated rings. The third kappa shape index (κ3) is 19.0. The van der Waals surface area contributed by atoms with Crippen LogP contribution in [0, 0.1) is 0 Å². The summed E-state index contributed by atoms with van der Waals surface area (Å²) < 4.78 is 5.37. The molecule has 0 rings (SSSR count). The fourth-order valence-electron chi connectivity index (χ4n) is 3.88. The number of hydrogen-bond donors (Lipinski definition) is 5. The fourth-order valence-corrected chi connectivity index (χ4v) is 3.88. The molecule has 9 heteroatoms. The van der Waals surface area contributed by atoms with E-state index in [1.54, 1.807) is 6.92 Å². The Balaban J connectivity index is 4.19. The normalized spacial score (nSPS) is 14.5. The predicted octanol–water partition coefficient (Wildman–Crippen LogP) is 3.26. The van der Waals surface area contributed by atoms with Crippen molar-refractivity contribution in [1.82, 2.24) is 5.32 Å². The Morgan fingerprint density at radius 3 is 1.83 bits per heavy atom. The molecule has 4 unspecified atom stereocenters. The molecule has 0 aromatic carbocycles. The van der Waals surface area contributed by atoms with Gasteiger partial charge in [-0.05, 0) is 26.7 Å². The van der Waals surface area contributed by atoms with Crippen LogP contribution < -0.4 is 22.5 Å². The van der Waals surface area contributed by atoms with Crippen LogP contribution in [-0.2, 0) is 14.3 Å². The van der Waals surface area contributed by atoms with Gasteiger partial charge in [0.05, 0.1) is 12.1 Å². The molecular formula is C26H53N5O4. The lowest BCUT2D eigenvalue weighted by Gasteiger charge is -2.25. The zero-order valence-electron chi connectivity index (χ0n) is 22.5. The molecule has 35 heavy (non-hydrogen) atoms. The van der Waals surface area contributed by atoms with Crippen LogP contribution in [0.25, 0.3) is 0 Å². The monoisotopic (exact) mass is 499 g/mol. The van der Waals surface area contributed by atoms with Gasteiger partial charge in [-0.3, -0.25) is 9.79 Å². The molecule has 0 aromatic heterocycles. The Morgan fingerprint density at radius 1 is 0.886 bits per heavy atom. The average molecular weight is 500 g/mol. The highest BCUT2D eigenvalue weighted by atomic mass is 16.5. The highest BCUT2D eigenvalue weighted by Gasteiger charge is 2.27. The summed E-state index contributed by atoms with van der Waals surface area (Å²) in [6.45, 7) is 5.56. The SMILES string of the molecule is CCCCCCCCCCCCCCCC(=O)NC(CCN=C(N)N)C(=O)OC(C)C(N)C(C)O. The number of carbonyl (C=O) groups is 2. The first kappa shape index (κ1) is 33.1. The number of aliphatic hydroxyl groups is 1. The third-order valence-electron chi connectivity index (χ3n) is 6.24. The number of nitrogens with two attached hydrogens (primary N) is 3. The van der Waals surface area contributed by atoms with Gasteiger partial charge in [0.15, 0.2) is 5.96 Å². The van der Waals surface area contributed by atoms with Crippen molar-refractivity contribution in [3.05, 3.63) is 0 Å². The van der Waals surface area contributed by atoms with E-state index >= 15 is 0 Å². The van der Waals surface area contributed by atoms with Crippen LogP contribution in [0.4, 0.5) is 0 Å². The summed E-state index contributed by atoms with van der Waals surface area (Å²) in [6, 6.07) is -1.60. The van der Waals surface area contributed by atoms with Gasteiger partial charge in [0.2, 0.25) is 5.91 Å². The molecule has 0 heterocycles. The van der Waals surface area contributed by atoms with Gasteiger partial charge in [-0.1, -0.05) is 84.0 Å². The molecule has 0 aromatic rings. The van der Waals surface area contributed by atoms with Crippen LogP contribution in [0.5, 0.6) is 0 Å². The zero-order chi connectivity index (χ0) is 26.5. The molecule has 206 valence electrons. The van der Waals surface area contributed by atoms with Gasteiger partial charge >= 0.3 is 5.97 Å². The number of guanidine groups is 1. The van der Waals surface area contributed by atoms with Crippen molar-refractivity contribution in [3.63, 3.8) is 0 Å². The third-order valence-corrected chi connectivity index (χ3v) is 6.24. The van der Waals surface area contributed by atoms with Gasteiger partial charge in [0.1, 0.15) is 12.1 Å². The molecule has 8 N–H and O–H groups in total. The first-order chi connectivity index (χ1) is 16.7. The molecular weight excluding hydrogens is 446 g/mol. The second kappa shape index (κ2) is 21.4. The maximum absolute atomic E-state index is 12.6. The van der Waals surface area contributed by atoms with Crippen molar-refractivity contribution in [2.75, 3.05) is 6.54 Å². The van der Waals surface area contributed by atoms with Gasteiger partial charge in [0, 0.05) is 13.0 Å². The maximum atomic E-state index is 12.6. The van der Waals surface area contributed by atoms with Crippen LogP contribution in [-0.4, -0.2) is 53.8 Å². The van der Waals surface area contributed by atoms with Crippen molar-refractivity contribution in [2.45, 2.75) is 141 Å². The van der Waals surface area contributed by atoms with Crippen molar-refractivity contribution >= 4 is 17.8 Å². The summed E-state index contributed by atoms with van der Waals surface area (Å²) in [4.78, 5) is 28.9. The number of ether oxygens (including phenoxy) is 1. The van der Waals surface area contributed by atoms with Gasteiger partial charge < -0.3 is 32.4 Å². The van der Waals surface area contributed by atoms with E-state index < -0.39 is 30.3 Å². The summed E-state index contributed by atoms with van der Waals surface area (Å²) in [5, 5.41) is 12.3. The highest BCUT2D eigenvalue weighted by molar-refractivity contribution is 5.84. The Morgan fingerprint density at radius 2 is 1.37 bits per heavy atom. The van der Waals surface area contributed by atoms with E-state index in [4.69, 9.17) is 21.9 Å². The molecule has 0 aliphatic carbocycles. The minimum absolute atomic E-state index is 0.0834. The van der Waals surface area contributed by atoms with Crippen LogP contribution >= 0.6 is 0 Å². The molecule has 0 spiro atoms. The lowest BCUT2D eigenvalue weighted by atomic mass is 10.0. The smallest absolute Gasteiger partial charge is 0.329 e. The molecule has 4 atom stereocenters. The van der Waals surface area contributed by atoms with E-state index in [-0.39, 0.29) is 24.8 Å². The number of amides is 1. The number of unbranched alkanes of at least 4 members (excludes halogenated alkanes) is 12. The van der Waals surface area contributed by atoms with Crippen LogP contribution in [0.1, 0.15) is 117 Å². The predicted molar refractivity (Wildman–Crippen MR) is 143 cm³/mol. The van der Waals surface area contributed by atoms with E-state index in [0.29, 0.717) is 6.42 Å². The maximum Gasteiger partial charge on any atom is 0.329 e. The van der Waals surface area contributed by atoms with Gasteiger partial charge in [-0.2, -0.15) is 0 Å². The molecule has 0 aliphatic heterocycles. The Hall–Kier alpha value is -1.87. The number of aliphatic imine (C=N–C) groups is 1. The highest BCUT2D eigenvalue weighted by Crippen LogP contribution is 2.13. The summed E-state index contributed by atoms with van der Waals surface area (Å²) in [5.41, 5.74) is 16.5. The minimum Gasteiger partial charge on any atom is -0.459 e. The van der Waals surface area contributed by atoms with E-state index in [1.165, 1.54) is 71.1 Å². The molecule has 0 bridgehead atoms. The Kier molecular flexibility index (Phi) is 20.3. The number of aliphatic hydroxyl groups excluding tert-OH is 1. The summed E-state index contributed by atoms with van der Waals surface area (Å²) in [5.74, 6) is -0.898. The molecule has 0 saturated carbocycles. The number of carbonyl (C=O) groups excluding carboxylic acids is 2. The quantitative estimate of drug-likeness (QED) is 0.0659. The number of esters is 1. The number of nitrogens with one attached hydrogen (secondary N) is 1. The second-order valence-electron chi connectivity index (χ2n) is 9.67. The van der Waals surface area contributed by atoms with Crippen molar-refractivity contribution < 1.29 is 19.4 Å². The molecule has 0 aliphatic rings. The number of hydrogen-bond acceptors (Lipinski definition) is 6. The number of rotatable bonds is 22. The standard InChI is InChI=1S/C26H53N5O4/c1-4-5-6-7-8-9-10-11-12-13-14-15-16-17-23(33)31-22(18-19-30-26(28)29)25(34)35-21(3)24(27)20(2)32/h20-22,24,32H,4-19,27H2,1-3H3,(H,31,33)(H4,28,29,30). The van der Waals surface area contributed by atoms with Crippen molar-refractivity contribution in [3.8, 4) is 0 Å². The molecule has 0 radical (unpaired) electrons. The first-order valence-electron chi connectivity index (χ1n) is 13.7. The van der Waals surface area contributed by atoms with E-state index in [2.05, 4.69) is 17.2 Å². The minimum atomic E-state index is -0.878. The lowest BCUT2D eigenvalue weighted by Crippen LogP contribution is -2.48. The summed E-state index contributed by atoms with van der Waals surface area (Å²) in [7, 11) is 0. The van der Waals surface area contributed by atoms with Crippen molar-refractivity contribution in [1.29, 1.82) is 0 Å². The Labute approximate surface area is 213 Å². The fraction of sp³-hybridized carbons (Fsp3) is 0.885. The van der Waals surface area contributed by atoms with Crippen molar-refractivity contribution in [2.24, 2.45) is 22.2 Å². The van der Waals surface area contributed by atoms with Crippen LogP contribution in [0.3, 0.4) is 0 Å². The molecule has 9 nitrogen and oxygen atoms in total. The molecule has 0 saturated heterocycles. The molecule has 1 amide bonds.